The molecule has 1 aromatic rings. The quantitative estimate of drug-likeness (QED) is 0.286. The Labute approximate surface area is 276 Å². The first-order chi connectivity index (χ1) is 21.7. The molecule has 2 N–H and O–H groups in total. The maximum absolute atomic E-state index is 14.1. The summed E-state index contributed by atoms with van der Waals surface area (Å²) in [6, 6.07) is -1.31. The van der Waals surface area contributed by atoms with Crippen LogP contribution in [0, 0.1) is 17.3 Å². The van der Waals surface area contributed by atoms with Crippen LogP contribution in [0.5, 0.6) is 0 Å². The summed E-state index contributed by atoms with van der Waals surface area (Å²) in [4.78, 5) is 73.0. The zero-order valence-electron chi connectivity index (χ0n) is 28.5. The van der Waals surface area contributed by atoms with E-state index in [0.717, 1.165) is 25.8 Å². The first-order valence-corrected chi connectivity index (χ1v) is 17.3. The molecule has 13 heteroatoms. The van der Waals surface area contributed by atoms with E-state index in [1.165, 1.54) is 25.4 Å². The summed E-state index contributed by atoms with van der Waals surface area (Å²) < 4.78 is 10.6. The summed E-state index contributed by atoms with van der Waals surface area (Å²) in [6.45, 7) is 10.1. The van der Waals surface area contributed by atoms with Crippen molar-refractivity contribution in [1.82, 2.24) is 25.4 Å². The third-order valence-corrected chi connectivity index (χ3v) is 11.2. The van der Waals surface area contributed by atoms with Gasteiger partial charge in [0.2, 0.25) is 11.8 Å². The van der Waals surface area contributed by atoms with Gasteiger partial charge in [-0.1, -0.05) is 40.5 Å². The number of likely N-dealkylation sites (N-methyl/N-ethyl adjacent to an activating group) is 2. The molecule has 3 saturated carbocycles. The average Bonchev–Trinajstić information content (AvgIpc) is 3.48. The molecule has 0 spiro atoms. The normalized spacial score (nSPS) is 26.4. The van der Waals surface area contributed by atoms with Gasteiger partial charge in [-0.05, 0) is 57.5 Å². The van der Waals surface area contributed by atoms with Gasteiger partial charge in [-0.3, -0.25) is 28.9 Å². The van der Waals surface area contributed by atoms with E-state index in [4.69, 9.17) is 9.47 Å². The fourth-order valence-electron chi connectivity index (χ4n) is 7.42. The molecule has 2 bridgehead atoms. The number of rotatable bonds is 14. The minimum absolute atomic E-state index is 0.0149. The summed E-state index contributed by atoms with van der Waals surface area (Å²) in [5.74, 6) is -1.49. The van der Waals surface area contributed by atoms with Crippen LogP contribution in [0.2, 0.25) is 0 Å². The molecule has 0 aromatic carbocycles. The molecule has 3 amide bonds. The SMILES string of the molecule is CC[C@H](C)[C@H](NC(=O)[C@H]1CCCCN1C)C(=O)N(C)[C@H](C[C@@H](OC(C)=O)c1nc(C(=O)NC23CC(C(=O)OC)(C2)C3)cs1)C(C)C. The molecule has 0 unspecified atom stereocenters. The van der Waals surface area contributed by atoms with Crippen LogP contribution >= 0.6 is 11.3 Å². The predicted molar refractivity (Wildman–Crippen MR) is 173 cm³/mol. The second-order valence-corrected chi connectivity index (χ2v) is 15.0. The number of aromatic nitrogens is 1. The van der Waals surface area contributed by atoms with Crippen molar-refractivity contribution >= 4 is 41.0 Å². The summed E-state index contributed by atoms with van der Waals surface area (Å²) in [7, 11) is 5.06. The van der Waals surface area contributed by atoms with E-state index in [2.05, 4.69) is 20.5 Å². The standard InChI is InChI=1S/C33H51N5O7S/c1-9-20(4)26(35-28(41)23-12-10-11-13-37(23)6)30(42)38(7)24(19(2)3)14-25(45-21(5)39)29-34-22(15-46-29)27(40)36-33-16-32(17-33,18-33)31(43)44-8/h15,19-20,23-26H,9-14,16-18H2,1-8H3,(H,35,41)(H,36,40)/t20-,23+,24+,25+,26-,32?,33?/m0/s1. The number of carbonyl (C=O) groups is 5. The summed E-state index contributed by atoms with van der Waals surface area (Å²) in [5.41, 5.74) is -0.676. The van der Waals surface area contributed by atoms with Gasteiger partial charge < -0.3 is 25.0 Å². The number of carbonyl (C=O) groups excluding carboxylic acids is 5. The maximum atomic E-state index is 14.1. The van der Waals surface area contributed by atoms with Gasteiger partial charge >= 0.3 is 11.9 Å². The lowest BCUT2D eigenvalue weighted by atomic mass is 9.39. The second kappa shape index (κ2) is 14.4. The molecular formula is C33H51N5O7S. The van der Waals surface area contributed by atoms with Crippen LogP contribution < -0.4 is 10.6 Å². The van der Waals surface area contributed by atoms with Crippen molar-refractivity contribution in [2.24, 2.45) is 17.3 Å². The number of methoxy groups -OCH3 is 1. The van der Waals surface area contributed by atoms with Gasteiger partial charge in [0.25, 0.3) is 5.91 Å². The van der Waals surface area contributed by atoms with Gasteiger partial charge in [-0.15, -0.1) is 11.3 Å². The number of hydrogen-bond donors (Lipinski definition) is 2. The molecule has 1 saturated heterocycles. The van der Waals surface area contributed by atoms with Crippen LogP contribution in [0.25, 0.3) is 0 Å². The highest BCUT2D eigenvalue weighted by atomic mass is 32.1. The fraction of sp³-hybridized carbons (Fsp3) is 0.758. The molecule has 1 aliphatic heterocycles. The molecule has 5 atom stereocenters. The first kappa shape index (κ1) is 35.8. The van der Waals surface area contributed by atoms with Gasteiger partial charge in [0.15, 0.2) is 6.10 Å². The highest BCUT2D eigenvalue weighted by Crippen LogP contribution is 2.67. The van der Waals surface area contributed by atoms with E-state index in [1.54, 1.807) is 17.3 Å². The molecular weight excluding hydrogens is 610 g/mol. The van der Waals surface area contributed by atoms with Crippen molar-refractivity contribution in [3.8, 4) is 0 Å². The average molecular weight is 662 g/mol. The van der Waals surface area contributed by atoms with Crippen LogP contribution in [-0.4, -0.2) is 95.9 Å². The Hall–Kier alpha value is -3.06. The maximum Gasteiger partial charge on any atom is 0.312 e. The van der Waals surface area contributed by atoms with Gasteiger partial charge in [0, 0.05) is 37.4 Å². The number of amides is 3. The fourth-order valence-corrected chi connectivity index (χ4v) is 8.26. The highest BCUT2D eigenvalue weighted by molar-refractivity contribution is 7.09. The molecule has 0 radical (unpaired) electrons. The van der Waals surface area contributed by atoms with Crippen LogP contribution in [-0.2, 0) is 28.7 Å². The van der Waals surface area contributed by atoms with Crippen LogP contribution in [0.1, 0.15) is 108 Å². The lowest BCUT2D eigenvalue weighted by Crippen LogP contribution is -2.77. The van der Waals surface area contributed by atoms with Crippen molar-refractivity contribution in [2.45, 2.75) is 116 Å². The molecule has 4 fully saturated rings. The Kier molecular flexibility index (Phi) is 11.2. The van der Waals surface area contributed by atoms with Crippen molar-refractivity contribution in [3.05, 3.63) is 16.1 Å². The summed E-state index contributed by atoms with van der Waals surface area (Å²) in [6.07, 6.45) is 4.66. The minimum Gasteiger partial charge on any atom is -0.469 e. The van der Waals surface area contributed by atoms with E-state index < -0.39 is 29.1 Å². The molecule has 2 heterocycles. The Morgan fingerprint density at radius 2 is 1.83 bits per heavy atom. The van der Waals surface area contributed by atoms with E-state index in [0.29, 0.717) is 30.7 Å². The predicted octanol–water partition coefficient (Wildman–Crippen LogP) is 3.46. The Balaban J connectivity index is 1.46. The molecule has 12 nitrogen and oxygen atoms in total. The Bertz CT molecular complexity index is 1300. The highest BCUT2D eigenvalue weighted by Gasteiger charge is 2.73. The van der Waals surface area contributed by atoms with Crippen molar-refractivity contribution < 1.29 is 33.4 Å². The molecule has 46 heavy (non-hydrogen) atoms. The summed E-state index contributed by atoms with van der Waals surface area (Å²) >= 11 is 1.22. The van der Waals surface area contributed by atoms with Crippen LogP contribution in [0.3, 0.4) is 0 Å². The van der Waals surface area contributed by atoms with Gasteiger partial charge in [-0.2, -0.15) is 0 Å². The van der Waals surface area contributed by atoms with Gasteiger partial charge in [-0.25, -0.2) is 4.98 Å². The van der Waals surface area contributed by atoms with Gasteiger partial charge in [0.1, 0.15) is 16.7 Å². The third-order valence-electron chi connectivity index (χ3n) is 10.3. The molecule has 256 valence electrons. The van der Waals surface area contributed by atoms with E-state index in [-0.39, 0.29) is 59.7 Å². The van der Waals surface area contributed by atoms with Crippen LogP contribution in [0.4, 0.5) is 0 Å². The second-order valence-electron chi connectivity index (χ2n) is 14.1. The molecule has 5 rings (SSSR count). The molecule has 3 aliphatic carbocycles. The zero-order valence-corrected chi connectivity index (χ0v) is 29.3. The zero-order chi connectivity index (χ0) is 34.0. The minimum atomic E-state index is -0.781. The molecule has 4 aliphatic rings. The first-order valence-electron chi connectivity index (χ1n) is 16.5. The van der Waals surface area contributed by atoms with Gasteiger partial charge in [0.05, 0.1) is 18.6 Å². The third kappa shape index (κ3) is 7.40. The largest absolute Gasteiger partial charge is 0.469 e. The van der Waals surface area contributed by atoms with Crippen molar-refractivity contribution in [2.75, 3.05) is 27.7 Å². The number of esters is 2. The smallest absolute Gasteiger partial charge is 0.312 e. The number of nitrogens with one attached hydrogen (secondary N) is 2. The van der Waals surface area contributed by atoms with E-state index in [1.807, 2.05) is 34.7 Å². The number of ether oxygens (including phenoxy) is 2. The Morgan fingerprint density at radius 3 is 2.39 bits per heavy atom. The topological polar surface area (TPSA) is 147 Å². The number of likely N-dealkylation sites (tertiary alicyclic amines) is 1. The number of thiazole rings is 1. The number of nitrogens with zero attached hydrogens (tertiary/aromatic N) is 3. The Morgan fingerprint density at radius 1 is 1.15 bits per heavy atom. The van der Waals surface area contributed by atoms with Crippen molar-refractivity contribution in [3.63, 3.8) is 0 Å². The lowest BCUT2D eigenvalue weighted by molar-refractivity contribution is -0.199. The monoisotopic (exact) mass is 661 g/mol. The summed E-state index contributed by atoms with van der Waals surface area (Å²) in [5, 5.41) is 8.21. The van der Waals surface area contributed by atoms with Crippen LogP contribution in [0.15, 0.2) is 5.38 Å². The van der Waals surface area contributed by atoms with E-state index in [9.17, 15) is 24.0 Å². The van der Waals surface area contributed by atoms with Crippen molar-refractivity contribution in [1.29, 1.82) is 0 Å². The number of piperidine rings is 1. The lowest BCUT2D eigenvalue weighted by Gasteiger charge is -2.68. The number of hydrogen-bond acceptors (Lipinski definition) is 10. The molecule has 1 aromatic heterocycles. The van der Waals surface area contributed by atoms with E-state index >= 15 is 0 Å².